The normalized spacial score (nSPS) is 19.8. The maximum Gasteiger partial charge on any atom is 0.166 e. The molecule has 0 bridgehead atoms. The number of hydrogen-bond donors (Lipinski definition) is 1. The van der Waals surface area contributed by atoms with Gasteiger partial charge in [0, 0.05) is 0 Å². The lowest BCUT2D eigenvalue weighted by Crippen LogP contribution is -1.97. The Bertz CT molecular complexity index is 62.6. The Balaban J connectivity index is 3.26. The Kier molecular flexibility index (Phi) is 2.98. The van der Waals surface area contributed by atoms with Crippen LogP contribution in [0.1, 0.15) is 6.92 Å². The minimum absolute atomic E-state index is 0.308. The lowest BCUT2D eigenvalue weighted by Gasteiger charge is -1.88. The Morgan fingerprint density at radius 2 is 2.17 bits per heavy atom. The summed E-state index contributed by atoms with van der Waals surface area (Å²) < 4.78 is 17.5. The first kappa shape index (κ1) is 6.59. The molecule has 0 fully saturated rings. The lowest BCUT2D eigenvalue weighted by atomic mass is 11.0. The molecule has 0 aliphatic rings. The number of alkyl halides is 1. The summed E-state index contributed by atoms with van der Waals surface area (Å²) in [5.74, 6) is 0. The average Bonchev–Trinajstić information content (AvgIpc) is 1.36. The van der Waals surface area contributed by atoms with Gasteiger partial charge in [0.1, 0.15) is 4.16 Å². The molecule has 0 aromatic rings. The summed E-state index contributed by atoms with van der Waals surface area (Å²) >= 11 is 1.19. The van der Waals surface area contributed by atoms with Crippen molar-refractivity contribution in [1.82, 2.24) is 0 Å². The van der Waals surface area contributed by atoms with Crippen LogP contribution >= 0.6 is 15.9 Å². The standard InChI is InChI=1S/C2H5BrO2S/c1-2(3)6(4)5/h2H,1H3,(H,4,5). The zero-order chi connectivity index (χ0) is 5.15. The molecule has 0 spiro atoms. The molecule has 2 nitrogen and oxygen atoms in total. The van der Waals surface area contributed by atoms with Gasteiger partial charge >= 0.3 is 0 Å². The SMILES string of the molecule is CC(Br)S(=O)O. The Morgan fingerprint density at radius 3 is 2.17 bits per heavy atom. The molecule has 0 amide bonds. The topological polar surface area (TPSA) is 37.3 Å². The van der Waals surface area contributed by atoms with Gasteiger partial charge in [0.05, 0.1) is 0 Å². The van der Waals surface area contributed by atoms with Gasteiger partial charge < -0.3 is 4.55 Å². The van der Waals surface area contributed by atoms with E-state index in [2.05, 4.69) is 15.9 Å². The van der Waals surface area contributed by atoms with E-state index in [1.54, 1.807) is 6.92 Å². The fraction of sp³-hybridized carbons (Fsp3) is 1.00. The Morgan fingerprint density at radius 1 is 2.00 bits per heavy atom. The third-order valence-corrected chi connectivity index (χ3v) is 1.79. The van der Waals surface area contributed by atoms with Gasteiger partial charge in [-0.2, -0.15) is 0 Å². The zero-order valence-corrected chi connectivity index (χ0v) is 5.62. The Hall–Kier alpha value is 0.590. The van der Waals surface area contributed by atoms with Crippen LogP contribution in [0.25, 0.3) is 0 Å². The minimum Gasteiger partial charge on any atom is -0.305 e. The van der Waals surface area contributed by atoms with Gasteiger partial charge in [-0.25, -0.2) is 4.21 Å². The van der Waals surface area contributed by atoms with Crippen LogP contribution in [0.2, 0.25) is 0 Å². The van der Waals surface area contributed by atoms with Crippen LogP contribution in [0.15, 0.2) is 0 Å². The molecule has 0 aliphatic carbocycles. The van der Waals surface area contributed by atoms with Crippen molar-refractivity contribution in [3.8, 4) is 0 Å². The zero-order valence-electron chi connectivity index (χ0n) is 3.22. The van der Waals surface area contributed by atoms with Crippen molar-refractivity contribution in [3.63, 3.8) is 0 Å². The first-order chi connectivity index (χ1) is 2.64. The van der Waals surface area contributed by atoms with E-state index < -0.39 is 11.1 Å². The van der Waals surface area contributed by atoms with Crippen LogP contribution in [0.4, 0.5) is 0 Å². The third kappa shape index (κ3) is 2.81. The predicted molar refractivity (Wildman–Crippen MR) is 29.2 cm³/mol. The number of hydrogen-bond acceptors (Lipinski definition) is 1. The molecule has 0 radical (unpaired) electrons. The third-order valence-electron chi connectivity index (χ3n) is 0.278. The van der Waals surface area contributed by atoms with E-state index >= 15 is 0 Å². The summed E-state index contributed by atoms with van der Waals surface area (Å²) in [7, 11) is 0. The molecule has 0 aromatic heterocycles. The monoisotopic (exact) mass is 172 g/mol. The van der Waals surface area contributed by atoms with Crippen molar-refractivity contribution >= 4 is 27.0 Å². The highest BCUT2D eigenvalue weighted by Crippen LogP contribution is 1.98. The molecule has 0 aliphatic heterocycles. The lowest BCUT2D eigenvalue weighted by molar-refractivity contribution is 0.563. The quantitative estimate of drug-likeness (QED) is 0.473. The van der Waals surface area contributed by atoms with E-state index in [9.17, 15) is 4.21 Å². The summed E-state index contributed by atoms with van der Waals surface area (Å²) in [5.41, 5.74) is 0. The largest absolute Gasteiger partial charge is 0.305 e. The van der Waals surface area contributed by atoms with Crippen LogP contribution in [-0.4, -0.2) is 12.9 Å². The molecule has 38 valence electrons. The van der Waals surface area contributed by atoms with E-state index in [-0.39, 0.29) is 4.16 Å². The van der Waals surface area contributed by atoms with Gasteiger partial charge in [-0.1, -0.05) is 15.9 Å². The molecular formula is C2H5BrO2S. The van der Waals surface area contributed by atoms with Gasteiger partial charge in [0.15, 0.2) is 11.1 Å². The molecule has 4 heteroatoms. The van der Waals surface area contributed by atoms with Crippen LogP contribution < -0.4 is 0 Å². The molecule has 2 unspecified atom stereocenters. The predicted octanol–water partition coefficient (Wildman–Crippen LogP) is 0.949. The van der Waals surface area contributed by atoms with Crippen molar-refractivity contribution in [3.05, 3.63) is 0 Å². The van der Waals surface area contributed by atoms with E-state index in [0.29, 0.717) is 0 Å². The number of rotatable bonds is 1. The van der Waals surface area contributed by atoms with Crippen molar-refractivity contribution in [2.75, 3.05) is 0 Å². The second-order valence-corrected chi connectivity index (χ2v) is 4.06. The fourth-order valence-corrected chi connectivity index (χ4v) is 0. The molecule has 0 rings (SSSR count). The highest BCUT2D eigenvalue weighted by atomic mass is 79.9. The highest BCUT2D eigenvalue weighted by Gasteiger charge is 1.98. The van der Waals surface area contributed by atoms with Gasteiger partial charge in [-0.05, 0) is 6.92 Å². The summed E-state index contributed by atoms with van der Waals surface area (Å²) in [5, 5.41) is 0. The van der Waals surface area contributed by atoms with Crippen molar-refractivity contribution in [2.45, 2.75) is 11.1 Å². The van der Waals surface area contributed by atoms with E-state index in [0.717, 1.165) is 0 Å². The van der Waals surface area contributed by atoms with Crippen molar-refractivity contribution in [2.24, 2.45) is 0 Å². The molecule has 0 saturated carbocycles. The smallest absolute Gasteiger partial charge is 0.166 e. The summed E-state index contributed by atoms with van der Waals surface area (Å²) in [6.07, 6.45) is 0. The molecule has 6 heavy (non-hydrogen) atoms. The van der Waals surface area contributed by atoms with Gasteiger partial charge in [-0.15, -0.1) is 0 Å². The Labute approximate surface area is 47.3 Å². The summed E-state index contributed by atoms with van der Waals surface area (Å²) in [6.45, 7) is 1.61. The minimum atomic E-state index is -1.70. The van der Waals surface area contributed by atoms with Crippen molar-refractivity contribution < 1.29 is 8.76 Å². The van der Waals surface area contributed by atoms with Crippen LogP contribution in [0.5, 0.6) is 0 Å². The molecule has 0 saturated heterocycles. The molecular weight excluding hydrogens is 168 g/mol. The first-order valence-electron chi connectivity index (χ1n) is 1.38. The van der Waals surface area contributed by atoms with Gasteiger partial charge in [0.25, 0.3) is 0 Å². The van der Waals surface area contributed by atoms with Crippen molar-refractivity contribution in [1.29, 1.82) is 0 Å². The molecule has 2 atom stereocenters. The maximum absolute atomic E-state index is 9.76. The second kappa shape index (κ2) is 2.71. The second-order valence-electron chi connectivity index (χ2n) is 0.819. The summed E-state index contributed by atoms with van der Waals surface area (Å²) in [6, 6.07) is 0. The molecule has 1 N–H and O–H groups in total. The average molecular weight is 173 g/mol. The number of halogens is 1. The summed E-state index contributed by atoms with van der Waals surface area (Å²) in [4.78, 5) is 0. The fourth-order valence-electron chi connectivity index (χ4n) is 0. The van der Waals surface area contributed by atoms with Crippen LogP contribution in [0.3, 0.4) is 0 Å². The van der Waals surface area contributed by atoms with Crippen LogP contribution in [0, 0.1) is 0 Å². The van der Waals surface area contributed by atoms with E-state index in [4.69, 9.17) is 4.55 Å². The molecule has 0 heterocycles. The van der Waals surface area contributed by atoms with Gasteiger partial charge in [-0.3, -0.25) is 0 Å². The van der Waals surface area contributed by atoms with E-state index in [1.165, 1.54) is 0 Å². The van der Waals surface area contributed by atoms with E-state index in [1.807, 2.05) is 0 Å². The van der Waals surface area contributed by atoms with Crippen LogP contribution in [-0.2, 0) is 11.1 Å². The molecule has 0 aromatic carbocycles. The highest BCUT2D eigenvalue weighted by molar-refractivity contribution is 9.11. The maximum atomic E-state index is 9.76. The first-order valence-corrected chi connectivity index (χ1v) is 3.47. The van der Waals surface area contributed by atoms with Gasteiger partial charge in [0.2, 0.25) is 0 Å².